The summed E-state index contributed by atoms with van der Waals surface area (Å²) >= 11 is 0. The molecular weight excluding hydrogens is 375 g/mol. The van der Waals surface area contributed by atoms with Crippen molar-refractivity contribution in [2.45, 2.75) is 11.3 Å². The zero-order valence-corrected chi connectivity index (χ0v) is 14.8. The van der Waals surface area contributed by atoms with Gasteiger partial charge < -0.3 is 10.1 Å². The third-order valence-corrected chi connectivity index (χ3v) is 5.12. The van der Waals surface area contributed by atoms with Crippen LogP contribution in [0.4, 0.5) is 10.1 Å². The van der Waals surface area contributed by atoms with Crippen molar-refractivity contribution in [3.63, 3.8) is 0 Å². The van der Waals surface area contributed by atoms with Crippen molar-refractivity contribution in [2.24, 2.45) is 0 Å². The molecule has 0 radical (unpaired) electrons. The van der Waals surface area contributed by atoms with Crippen LogP contribution in [0.5, 0.6) is 0 Å². The maximum absolute atomic E-state index is 12.8. The second-order valence-electron chi connectivity index (χ2n) is 5.42. The number of esters is 1. The van der Waals surface area contributed by atoms with Crippen LogP contribution < -0.4 is 5.32 Å². The summed E-state index contributed by atoms with van der Waals surface area (Å²) in [5.74, 6) is -2.58. The van der Waals surface area contributed by atoms with Gasteiger partial charge in [0.1, 0.15) is 5.82 Å². The maximum Gasteiger partial charge on any atom is 0.307 e. The van der Waals surface area contributed by atoms with Crippen LogP contribution >= 0.6 is 0 Å². The highest BCUT2D eigenvalue weighted by Gasteiger charge is 2.18. The third kappa shape index (κ3) is 6.20. The van der Waals surface area contributed by atoms with Crippen LogP contribution in [0, 0.1) is 17.1 Å². The van der Waals surface area contributed by atoms with Crippen LogP contribution in [0.25, 0.3) is 0 Å². The van der Waals surface area contributed by atoms with Gasteiger partial charge in [0.15, 0.2) is 16.4 Å². The fourth-order valence-electron chi connectivity index (χ4n) is 2.06. The molecule has 0 bridgehead atoms. The third-order valence-electron chi connectivity index (χ3n) is 3.39. The summed E-state index contributed by atoms with van der Waals surface area (Å²) in [6, 6.07) is 12.3. The summed E-state index contributed by atoms with van der Waals surface area (Å²) in [5.41, 5.74) is 0.727. The van der Waals surface area contributed by atoms with E-state index >= 15 is 0 Å². The molecule has 0 heterocycles. The number of sulfone groups is 1. The Balaban J connectivity index is 1.81. The molecule has 2 aromatic carbocycles. The van der Waals surface area contributed by atoms with E-state index in [0.29, 0.717) is 11.3 Å². The molecule has 0 atom stereocenters. The maximum atomic E-state index is 12.8. The summed E-state index contributed by atoms with van der Waals surface area (Å²) in [4.78, 5) is 23.3. The Hall–Kier alpha value is -3.25. The molecule has 0 aliphatic carbocycles. The average Bonchev–Trinajstić information content (AvgIpc) is 2.65. The van der Waals surface area contributed by atoms with Crippen LogP contribution in [-0.4, -0.2) is 32.7 Å². The van der Waals surface area contributed by atoms with E-state index in [9.17, 15) is 22.4 Å². The SMILES string of the molecule is N#Cc1cccc(NC(=O)COC(=O)CCS(=O)(=O)c2ccc(F)cc2)c1. The van der Waals surface area contributed by atoms with Crippen LogP contribution in [0.2, 0.25) is 0 Å². The Kier molecular flexibility index (Phi) is 6.62. The number of anilines is 1. The molecule has 0 aromatic heterocycles. The normalized spacial score (nSPS) is 10.7. The van der Waals surface area contributed by atoms with Gasteiger partial charge in [-0.25, -0.2) is 12.8 Å². The first-order chi connectivity index (χ1) is 12.8. The predicted molar refractivity (Wildman–Crippen MR) is 93.8 cm³/mol. The van der Waals surface area contributed by atoms with E-state index in [2.05, 4.69) is 5.32 Å². The molecule has 0 saturated carbocycles. The van der Waals surface area contributed by atoms with E-state index in [1.165, 1.54) is 6.07 Å². The summed E-state index contributed by atoms with van der Waals surface area (Å²) < 4.78 is 41.7. The number of halogens is 1. The number of hydrogen-bond donors (Lipinski definition) is 1. The van der Waals surface area contributed by atoms with Crippen molar-refractivity contribution in [3.05, 3.63) is 59.9 Å². The van der Waals surface area contributed by atoms with Gasteiger partial charge >= 0.3 is 5.97 Å². The van der Waals surface area contributed by atoms with E-state index in [-0.39, 0.29) is 4.90 Å². The second-order valence-corrected chi connectivity index (χ2v) is 7.53. The summed E-state index contributed by atoms with van der Waals surface area (Å²) in [6.45, 7) is -0.591. The van der Waals surface area contributed by atoms with Crippen LogP contribution in [0.15, 0.2) is 53.4 Å². The molecule has 2 rings (SSSR count). The molecular formula is C18H15FN2O5S. The molecule has 140 valence electrons. The molecule has 1 amide bonds. The van der Waals surface area contributed by atoms with Crippen LogP contribution in [0.3, 0.4) is 0 Å². The standard InChI is InChI=1S/C18H15FN2O5S/c19-14-4-6-16(7-5-14)27(24,25)9-8-18(23)26-12-17(22)21-15-3-1-2-13(10-15)11-20/h1-7,10H,8-9,12H2,(H,21,22). The zero-order valence-electron chi connectivity index (χ0n) is 14.0. The highest BCUT2D eigenvalue weighted by Crippen LogP contribution is 2.13. The van der Waals surface area contributed by atoms with E-state index < -0.39 is 46.3 Å². The number of nitrogens with one attached hydrogen (secondary N) is 1. The van der Waals surface area contributed by atoms with E-state index in [4.69, 9.17) is 10.00 Å². The van der Waals surface area contributed by atoms with Crippen molar-refractivity contribution in [2.75, 3.05) is 17.7 Å². The van der Waals surface area contributed by atoms with Gasteiger partial charge in [0.05, 0.1) is 28.7 Å². The Morgan fingerprint density at radius 3 is 2.52 bits per heavy atom. The molecule has 0 fully saturated rings. The first-order valence-electron chi connectivity index (χ1n) is 7.74. The van der Waals surface area contributed by atoms with Crippen molar-refractivity contribution in [1.29, 1.82) is 5.26 Å². The minimum Gasteiger partial charge on any atom is -0.456 e. The van der Waals surface area contributed by atoms with Gasteiger partial charge in [-0.05, 0) is 42.5 Å². The average molecular weight is 390 g/mol. The van der Waals surface area contributed by atoms with Crippen molar-refractivity contribution >= 4 is 27.4 Å². The second kappa shape index (κ2) is 8.91. The molecule has 1 N–H and O–H groups in total. The molecule has 9 heteroatoms. The largest absolute Gasteiger partial charge is 0.456 e. The van der Waals surface area contributed by atoms with E-state index in [1.54, 1.807) is 18.2 Å². The number of carbonyl (C=O) groups is 2. The summed E-state index contributed by atoms with van der Waals surface area (Å²) in [6.07, 6.45) is -0.448. The predicted octanol–water partition coefficient (Wildman–Crippen LogP) is 2.04. The molecule has 0 aliphatic rings. The van der Waals surface area contributed by atoms with Gasteiger partial charge in [-0.1, -0.05) is 6.07 Å². The first-order valence-corrected chi connectivity index (χ1v) is 9.39. The van der Waals surface area contributed by atoms with E-state index in [0.717, 1.165) is 24.3 Å². The quantitative estimate of drug-likeness (QED) is 0.572. The minimum absolute atomic E-state index is 0.105. The summed E-state index contributed by atoms with van der Waals surface area (Å²) in [7, 11) is -3.77. The number of ether oxygens (including phenoxy) is 1. The zero-order chi connectivity index (χ0) is 19.9. The van der Waals surface area contributed by atoms with Gasteiger partial charge in [-0.3, -0.25) is 9.59 Å². The van der Waals surface area contributed by atoms with Gasteiger partial charge in [-0.2, -0.15) is 5.26 Å². The fourth-order valence-corrected chi connectivity index (χ4v) is 3.28. The highest BCUT2D eigenvalue weighted by molar-refractivity contribution is 7.91. The molecule has 0 aliphatic heterocycles. The van der Waals surface area contributed by atoms with Crippen molar-refractivity contribution < 1.29 is 27.1 Å². The topological polar surface area (TPSA) is 113 Å². The Bertz CT molecular complexity index is 982. The fraction of sp³-hybridized carbons (Fsp3) is 0.167. The number of nitriles is 1. The van der Waals surface area contributed by atoms with Gasteiger partial charge in [0.25, 0.3) is 5.91 Å². The highest BCUT2D eigenvalue weighted by atomic mass is 32.2. The van der Waals surface area contributed by atoms with E-state index in [1.807, 2.05) is 6.07 Å². The smallest absolute Gasteiger partial charge is 0.307 e. The lowest BCUT2D eigenvalue weighted by atomic mass is 10.2. The molecule has 2 aromatic rings. The monoisotopic (exact) mass is 390 g/mol. The number of amides is 1. The molecule has 0 saturated heterocycles. The lowest BCUT2D eigenvalue weighted by Gasteiger charge is -2.07. The molecule has 7 nitrogen and oxygen atoms in total. The number of hydrogen-bond acceptors (Lipinski definition) is 6. The summed E-state index contributed by atoms with van der Waals surface area (Å²) in [5, 5.41) is 11.2. The number of carbonyl (C=O) groups excluding carboxylic acids is 2. The Morgan fingerprint density at radius 1 is 1.15 bits per heavy atom. The van der Waals surface area contributed by atoms with Crippen molar-refractivity contribution in [1.82, 2.24) is 0 Å². The first kappa shape index (κ1) is 20.1. The van der Waals surface area contributed by atoms with Crippen LogP contribution in [0.1, 0.15) is 12.0 Å². The molecule has 0 spiro atoms. The molecule has 27 heavy (non-hydrogen) atoms. The lowest BCUT2D eigenvalue weighted by molar-refractivity contribution is -0.146. The number of nitrogens with zero attached hydrogens (tertiary/aromatic N) is 1. The number of benzene rings is 2. The Morgan fingerprint density at radius 2 is 1.85 bits per heavy atom. The van der Waals surface area contributed by atoms with Crippen LogP contribution in [-0.2, 0) is 24.2 Å². The number of rotatable bonds is 7. The minimum atomic E-state index is -3.77. The van der Waals surface area contributed by atoms with Gasteiger partial charge in [0, 0.05) is 5.69 Å². The Labute approximate surface area is 155 Å². The van der Waals surface area contributed by atoms with Crippen molar-refractivity contribution in [3.8, 4) is 6.07 Å². The molecule has 0 unspecified atom stereocenters. The van der Waals surface area contributed by atoms with Gasteiger partial charge in [0.2, 0.25) is 0 Å². The van der Waals surface area contributed by atoms with Gasteiger partial charge in [-0.15, -0.1) is 0 Å². The lowest BCUT2D eigenvalue weighted by Crippen LogP contribution is -2.22.